The zero-order valence-electron chi connectivity index (χ0n) is 50.8. The molecule has 14 nitrogen and oxygen atoms in total. The van der Waals surface area contributed by atoms with Gasteiger partial charge in [0.2, 0.25) is 5.91 Å². The van der Waals surface area contributed by atoms with Crippen LogP contribution in [0.15, 0.2) is 72.9 Å². The van der Waals surface area contributed by atoms with Crippen molar-refractivity contribution < 1.29 is 64.6 Å². The summed E-state index contributed by atoms with van der Waals surface area (Å²) < 4.78 is 22.8. The standard InChI is InChI=1S/C67H119NO13/c1-3-5-7-9-11-13-15-17-19-21-23-25-26-27-28-29-31-32-34-36-38-40-42-44-46-48-50-56(71)55(54-78-66-64(77)62(75)65(58(53-70)80-66)81-67-63(76)61(74)60(73)57(52-69)79-67)68-59(72)51-49-47-45-43-41-39-37-35-33-30-24-22-20-18-16-14-12-10-8-6-4-2/h6,8,12,14,18,20,24,30,40,42,48,50,55-58,60-67,69-71,73-77H,3-5,7,9-11,13,15-17,19,21-23,25-29,31-39,41,43-47,49,51-54H2,1-2H3,(H,68,72)/b8-6-,14-12-,20-18-,30-24-,42-40+,50-48+. The number of aliphatic hydroxyl groups excluding tert-OH is 8. The van der Waals surface area contributed by atoms with Crippen LogP contribution in [0.5, 0.6) is 0 Å². The number of rotatable bonds is 52. The minimum atomic E-state index is -1.80. The molecule has 2 saturated heterocycles. The fourth-order valence-corrected chi connectivity index (χ4v) is 10.4. The Kier molecular flexibility index (Phi) is 47.7. The van der Waals surface area contributed by atoms with E-state index in [-0.39, 0.29) is 18.9 Å². The topological polar surface area (TPSA) is 228 Å². The third-order valence-corrected chi connectivity index (χ3v) is 15.6. The molecule has 470 valence electrons. The summed E-state index contributed by atoms with van der Waals surface area (Å²) in [5.74, 6) is -0.258. The first-order valence-electron chi connectivity index (χ1n) is 32.7. The third kappa shape index (κ3) is 36.8. The van der Waals surface area contributed by atoms with Crippen LogP contribution >= 0.6 is 0 Å². The molecule has 14 heteroatoms. The summed E-state index contributed by atoms with van der Waals surface area (Å²) in [6.07, 6.45) is 52.3. The molecule has 0 spiro atoms. The number of hydrogen-bond donors (Lipinski definition) is 9. The molecule has 9 N–H and O–H groups in total. The van der Waals surface area contributed by atoms with Gasteiger partial charge in [0.1, 0.15) is 48.8 Å². The lowest BCUT2D eigenvalue weighted by molar-refractivity contribution is -0.359. The quantitative estimate of drug-likeness (QED) is 0.0204. The third-order valence-electron chi connectivity index (χ3n) is 15.6. The monoisotopic (exact) mass is 1150 g/mol. The maximum atomic E-state index is 13.3. The van der Waals surface area contributed by atoms with Crippen molar-refractivity contribution in [2.75, 3.05) is 19.8 Å². The summed E-state index contributed by atoms with van der Waals surface area (Å²) in [5, 5.41) is 87.3. The number of nitrogens with one attached hydrogen (secondary N) is 1. The normalized spacial score (nSPS) is 24.6. The highest BCUT2D eigenvalue weighted by Gasteiger charge is 2.51. The molecule has 0 aromatic heterocycles. The molecule has 0 bridgehead atoms. The second kappa shape index (κ2) is 51.8. The van der Waals surface area contributed by atoms with Crippen molar-refractivity contribution >= 4 is 5.91 Å². The Bertz CT molecular complexity index is 1630. The van der Waals surface area contributed by atoms with Crippen molar-refractivity contribution in [2.24, 2.45) is 0 Å². The number of carbonyl (C=O) groups excluding carboxylic acids is 1. The van der Waals surface area contributed by atoms with Gasteiger partial charge in [-0.3, -0.25) is 4.79 Å². The lowest BCUT2D eigenvalue weighted by atomic mass is 9.97. The van der Waals surface area contributed by atoms with Crippen LogP contribution < -0.4 is 5.32 Å². The Hall–Kier alpha value is -2.57. The van der Waals surface area contributed by atoms with E-state index in [4.69, 9.17) is 18.9 Å². The first kappa shape index (κ1) is 74.5. The van der Waals surface area contributed by atoms with Crippen LogP contribution in [-0.4, -0.2) is 140 Å². The van der Waals surface area contributed by atoms with Crippen LogP contribution in [0.1, 0.15) is 251 Å². The molecule has 2 aliphatic heterocycles. The molecule has 2 fully saturated rings. The van der Waals surface area contributed by atoms with Crippen LogP contribution in [0.3, 0.4) is 0 Å². The average Bonchev–Trinajstić information content (AvgIpc) is 3.47. The fraction of sp³-hybridized carbons (Fsp3) is 0.806. The number of unbranched alkanes of at least 4 members (excludes halogenated alkanes) is 29. The smallest absolute Gasteiger partial charge is 0.220 e. The van der Waals surface area contributed by atoms with Gasteiger partial charge in [-0.25, -0.2) is 0 Å². The highest BCUT2D eigenvalue weighted by Crippen LogP contribution is 2.30. The molecule has 0 aromatic rings. The second-order valence-corrected chi connectivity index (χ2v) is 22.9. The van der Waals surface area contributed by atoms with Gasteiger partial charge >= 0.3 is 0 Å². The Morgan fingerprint density at radius 3 is 1.36 bits per heavy atom. The molecular weight excluding hydrogens is 1030 g/mol. The van der Waals surface area contributed by atoms with Gasteiger partial charge in [0.15, 0.2) is 12.6 Å². The van der Waals surface area contributed by atoms with Gasteiger partial charge in [0, 0.05) is 6.42 Å². The molecule has 12 unspecified atom stereocenters. The van der Waals surface area contributed by atoms with E-state index < -0.39 is 86.8 Å². The molecule has 2 aliphatic rings. The van der Waals surface area contributed by atoms with Crippen LogP contribution in [0.25, 0.3) is 0 Å². The van der Waals surface area contributed by atoms with Crippen LogP contribution in [0.4, 0.5) is 0 Å². The summed E-state index contributed by atoms with van der Waals surface area (Å²) in [5.41, 5.74) is 0. The van der Waals surface area contributed by atoms with Gasteiger partial charge < -0.3 is 65.1 Å². The van der Waals surface area contributed by atoms with Crippen LogP contribution in [-0.2, 0) is 23.7 Å². The highest BCUT2D eigenvalue weighted by atomic mass is 16.7. The summed E-state index contributed by atoms with van der Waals surface area (Å²) in [6, 6.07) is -0.941. The predicted octanol–water partition coefficient (Wildman–Crippen LogP) is 12.3. The maximum Gasteiger partial charge on any atom is 0.220 e. The van der Waals surface area contributed by atoms with E-state index in [2.05, 4.69) is 79.9 Å². The Morgan fingerprint density at radius 2 is 0.864 bits per heavy atom. The molecule has 12 atom stereocenters. The van der Waals surface area contributed by atoms with E-state index in [0.29, 0.717) is 12.8 Å². The van der Waals surface area contributed by atoms with E-state index in [1.165, 1.54) is 148 Å². The molecule has 2 rings (SSSR count). The number of ether oxygens (including phenoxy) is 4. The van der Waals surface area contributed by atoms with Crippen molar-refractivity contribution in [3.63, 3.8) is 0 Å². The van der Waals surface area contributed by atoms with E-state index in [1.807, 2.05) is 6.08 Å². The minimum absolute atomic E-state index is 0.258. The molecule has 1 amide bonds. The van der Waals surface area contributed by atoms with Gasteiger partial charge in [0.05, 0.1) is 32.0 Å². The van der Waals surface area contributed by atoms with E-state index in [0.717, 1.165) is 70.6 Å². The van der Waals surface area contributed by atoms with Crippen molar-refractivity contribution in [2.45, 2.75) is 325 Å². The van der Waals surface area contributed by atoms with Gasteiger partial charge in [-0.15, -0.1) is 0 Å². The number of carbonyl (C=O) groups is 1. The van der Waals surface area contributed by atoms with Gasteiger partial charge in [-0.05, 0) is 70.6 Å². The zero-order valence-corrected chi connectivity index (χ0v) is 50.8. The van der Waals surface area contributed by atoms with E-state index in [9.17, 15) is 45.6 Å². The van der Waals surface area contributed by atoms with E-state index >= 15 is 0 Å². The van der Waals surface area contributed by atoms with Crippen LogP contribution in [0.2, 0.25) is 0 Å². The van der Waals surface area contributed by atoms with Crippen molar-refractivity contribution in [1.29, 1.82) is 0 Å². The first-order chi connectivity index (χ1) is 39.6. The molecule has 0 saturated carbocycles. The average molecular weight is 1150 g/mol. The van der Waals surface area contributed by atoms with Gasteiger partial charge in [0.25, 0.3) is 0 Å². The molecular formula is C67H119NO13. The van der Waals surface area contributed by atoms with Gasteiger partial charge in [-0.2, -0.15) is 0 Å². The summed E-state index contributed by atoms with van der Waals surface area (Å²) in [4.78, 5) is 13.3. The Morgan fingerprint density at radius 1 is 0.457 bits per heavy atom. The van der Waals surface area contributed by atoms with Crippen LogP contribution in [0, 0.1) is 0 Å². The van der Waals surface area contributed by atoms with Crippen molar-refractivity contribution in [3.05, 3.63) is 72.9 Å². The first-order valence-corrected chi connectivity index (χ1v) is 32.7. The molecule has 0 radical (unpaired) electrons. The predicted molar refractivity (Wildman–Crippen MR) is 327 cm³/mol. The SMILES string of the molecule is CC/C=C\C/C=C\C/C=C\C/C=C\CCCCCCCCCCC(=O)NC(COC1OC(CO)C(OC2OC(CO)C(O)C(O)C2O)C(O)C1O)C(O)/C=C/CC/C=C/CCCCCCCCCCCCCCCCCCCCCC. The number of amides is 1. The largest absolute Gasteiger partial charge is 0.394 e. The molecule has 0 aliphatic carbocycles. The summed E-state index contributed by atoms with van der Waals surface area (Å²) in [6.45, 7) is 2.68. The minimum Gasteiger partial charge on any atom is -0.394 e. The van der Waals surface area contributed by atoms with E-state index in [1.54, 1.807) is 6.08 Å². The number of allylic oxidation sites excluding steroid dienone is 11. The molecule has 2 heterocycles. The fourth-order valence-electron chi connectivity index (χ4n) is 10.4. The zero-order chi connectivity index (χ0) is 58.8. The van der Waals surface area contributed by atoms with Gasteiger partial charge in [-0.1, -0.05) is 247 Å². The molecule has 0 aromatic carbocycles. The Balaban J connectivity index is 1.74. The summed E-state index contributed by atoms with van der Waals surface area (Å²) >= 11 is 0. The lowest BCUT2D eigenvalue weighted by Gasteiger charge is -2.46. The number of aliphatic hydroxyl groups is 8. The van der Waals surface area contributed by atoms with Crippen molar-refractivity contribution in [3.8, 4) is 0 Å². The Labute approximate surface area is 491 Å². The molecule has 81 heavy (non-hydrogen) atoms. The van der Waals surface area contributed by atoms with Crippen molar-refractivity contribution in [1.82, 2.24) is 5.32 Å². The lowest BCUT2D eigenvalue weighted by Crippen LogP contribution is -2.65. The maximum absolute atomic E-state index is 13.3. The summed E-state index contributed by atoms with van der Waals surface area (Å²) in [7, 11) is 0. The number of hydrogen-bond acceptors (Lipinski definition) is 13. The second-order valence-electron chi connectivity index (χ2n) is 22.9. The highest BCUT2D eigenvalue weighted by molar-refractivity contribution is 5.76.